The highest BCUT2D eigenvalue weighted by atomic mass is 19.1. The van der Waals surface area contributed by atoms with Crippen LogP contribution in [0.25, 0.3) is 22.2 Å². The van der Waals surface area contributed by atoms with Gasteiger partial charge in [-0.2, -0.15) is 10.2 Å². The van der Waals surface area contributed by atoms with E-state index in [-0.39, 0.29) is 34.4 Å². The summed E-state index contributed by atoms with van der Waals surface area (Å²) in [6.45, 7) is 10.5. The molecule has 12 nitrogen and oxygen atoms in total. The summed E-state index contributed by atoms with van der Waals surface area (Å²) in [7, 11) is 2.81. The molecule has 4 aromatic rings. The SMILES string of the molecule is COc1cc(OC)c(F)c(-c2cc3cnc(NCCN4CCOCC4)nc3n(CCc3ccc(NC(=O)/C(C#N)=C/C(C)(C)C)cc3)c2=O)c1. The van der Waals surface area contributed by atoms with Crippen molar-refractivity contribution >= 4 is 28.6 Å². The van der Waals surface area contributed by atoms with Crippen LogP contribution >= 0.6 is 0 Å². The van der Waals surface area contributed by atoms with E-state index in [0.29, 0.717) is 54.6 Å². The van der Waals surface area contributed by atoms with Gasteiger partial charge in [-0.1, -0.05) is 39.0 Å². The summed E-state index contributed by atoms with van der Waals surface area (Å²) in [5, 5.41) is 16.1. The normalized spacial score (nSPS) is 13.9. The first kappa shape index (κ1) is 36.0. The Hall–Kier alpha value is -5.32. The number of anilines is 2. The first-order valence-electron chi connectivity index (χ1n) is 16.4. The number of morpholine rings is 1. The Morgan fingerprint density at radius 2 is 1.82 bits per heavy atom. The van der Waals surface area contributed by atoms with Crippen LogP contribution in [0.4, 0.5) is 16.0 Å². The van der Waals surface area contributed by atoms with E-state index in [1.165, 1.54) is 30.9 Å². The maximum Gasteiger partial charge on any atom is 0.265 e. The monoisotopic (exact) mass is 683 g/mol. The van der Waals surface area contributed by atoms with Crippen molar-refractivity contribution in [3.63, 3.8) is 0 Å². The van der Waals surface area contributed by atoms with Crippen molar-refractivity contribution in [2.24, 2.45) is 5.41 Å². The summed E-state index contributed by atoms with van der Waals surface area (Å²) in [5.74, 6) is -0.514. The zero-order valence-corrected chi connectivity index (χ0v) is 29.0. The predicted octanol–water partition coefficient (Wildman–Crippen LogP) is 5.04. The summed E-state index contributed by atoms with van der Waals surface area (Å²) < 4.78 is 33.2. The number of rotatable bonds is 12. The maximum atomic E-state index is 15.6. The summed E-state index contributed by atoms with van der Waals surface area (Å²) >= 11 is 0. The van der Waals surface area contributed by atoms with Crippen LogP contribution in [-0.2, 0) is 22.5 Å². The van der Waals surface area contributed by atoms with Crippen LogP contribution in [0.5, 0.6) is 11.5 Å². The number of aromatic nitrogens is 3. The van der Waals surface area contributed by atoms with Gasteiger partial charge in [-0.25, -0.2) is 9.37 Å². The average molecular weight is 684 g/mol. The molecule has 1 aliphatic heterocycles. The number of nitrogens with one attached hydrogen (secondary N) is 2. The first-order valence-corrected chi connectivity index (χ1v) is 16.4. The number of pyridine rings is 1. The number of carbonyl (C=O) groups is 1. The van der Waals surface area contributed by atoms with Crippen molar-refractivity contribution in [3.8, 4) is 28.7 Å². The lowest BCUT2D eigenvalue weighted by atomic mass is 9.93. The molecule has 0 radical (unpaired) electrons. The number of ether oxygens (including phenoxy) is 3. The van der Waals surface area contributed by atoms with Crippen LogP contribution in [0.15, 0.2) is 65.1 Å². The number of nitrogens with zero attached hydrogens (tertiary/aromatic N) is 5. The van der Waals surface area contributed by atoms with E-state index in [0.717, 1.165) is 25.2 Å². The number of benzene rings is 2. The number of aryl methyl sites for hydroxylation is 2. The van der Waals surface area contributed by atoms with E-state index in [4.69, 9.17) is 19.2 Å². The van der Waals surface area contributed by atoms with Crippen LogP contribution < -0.4 is 25.7 Å². The number of hydrogen-bond donors (Lipinski definition) is 2. The summed E-state index contributed by atoms with van der Waals surface area (Å²) in [5.41, 5.74) is 1.22. The van der Waals surface area contributed by atoms with Crippen molar-refractivity contribution in [1.82, 2.24) is 19.4 Å². The third-order valence-corrected chi connectivity index (χ3v) is 8.18. The molecule has 1 aliphatic rings. The molecule has 13 heteroatoms. The van der Waals surface area contributed by atoms with Crippen LogP contribution in [0.1, 0.15) is 26.3 Å². The lowest BCUT2D eigenvalue weighted by molar-refractivity contribution is -0.112. The minimum Gasteiger partial charge on any atom is -0.497 e. The van der Waals surface area contributed by atoms with Crippen LogP contribution in [0, 0.1) is 22.6 Å². The number of allylic oxidation sites excluding steroid dienone is 1. The first-order chi connectivity index (χ1) is 24.0. The van der Waals surface area contributed by atoms with Crippen molar-refractivity contribution in [3.05, 3.63) is 82.0 Å². The minimum absolute atomic E-state index is 0.0342. The fourth-order valence-corrected chi connectivity index (χ4v) is 5.61. The Morgan fingerprint density at radius 1 is 1.08 bits per heavy atom. The quantitative estimate of drug-likeness (QED) is 0.154. The van der Waals surface area contributed by atoms with E-state index in [1.807, 2.05) is 39.0 Å². The Labute approximate surface area is 290 Å². The highest BCUT2D eigenvalue weighted by molar-refractivity contribution is 6.06. The number of amides is 1. The molecule has 0 unspecified atom stereocenters. The molecule has 2 N–H and O–H groups in total. The molecule has 1 saturated heterocycles. The lowest BCUT2D eigenvalue weighted by Gasteiger charge is -2.26. The molecule has 0 aliphatic carbocycles. The molecule has 262 valence electrons. The van der Waals surface area contributed by atoms with Gasteiger partial charge in [-0.05, 0) is 41.7 Å². The molecule has 0 bridgehead atoms. The second kappa shape index (κ2) is 15.9. The van der Waals surface area contributed by atoms with Crippen molar-refractivity contribution in [1.29, 1.82) is 5.26 Å². The van der Waals surface area contributed by atoms with Gasteiger partial charge in [0.15, 0.2) is 11.6 Å². The molecule has 2 aromatic carbocycles. The second-order valence-electron chi connectivity index (χ2n) is 13.0. The minimum atomic E-state index is -0.687. The maximum absolute atomic E-state index is 15.6. The van der Waals surface area contributed by atoms with Crippen LogP contribution in [0.3, 0.4) is 0 Å². The number of halogens is 1. The number of fused-ring (bicyclic) bond motifs is 1. The van der Waals surface area contributed by atoms with Crippen molar-refractivity contribution < 1.29 is 23.4 Å². The second-order valence-corrected chi connectivity index (χ2v) is 13.0. The van der Waals surface area contributed by atoms with E-state index in [2.05, 4.69) is 20.5 Å². The van der Waals surface area contributed by atoms with Crippen LogP contribution in [-0.4, -0.2) is 79.0 Å². The number of nitriles is 1. The van der Waals surface area contributed by atoms with Crippen molar-refractivity contribution in [2.45, 2.75) is 33.7 Å². The topological polar surface area (TPSA) is 144 Å². The molecule has 50 heavy (non-hydrogen) atoms. The molecule has 0 saturated carbocycles. The van der Waals surface area contributed by atoms with Gasteiger partial charge in [0.2, 0.25) is 5.95 Å². The van der Waals surface area contributed by atoms with Gasteiger partial charge in [-0.15, -0.1) is 0 Å². The fraction of sp³-hybridized carbons (Fsp3) is 0.378. The Kier molecular flexibility index (Phi) is 11.5. The van der Waals surface area contributed by atoms with Gasteiger partial charge in [0, 0.05) is 61.6 Å². The molecule has 3 heterocycles. The van der Waals surface area contributed by atoms with Gasteiger partial charge < -0.3 is 24.8 Å². The molecule has 0 spiro atoms. The largest absolute Gasteiger partial charge is 0.497 e. The van der Waals surface area contributed by atoms with E-state index in [9.17, 15) is 14.9 Å². The van der Waals surface area contributed by atoms with E-state index < -0.39 is 17.3 Å². The number of carbonyl (C=O) groups excluding carboxylic acids is 1. The zero-order valence-electron chi connectivity index (χ0n) is 29.0. The van der Waals surface area contributed by atoms with Gasteiger partial charge in [0.1, 0.15) is 23.0 Å². The smallest absolute Gasteiger partial charge is 0.265 e. The Bertz CT molecular complexity index is 1970. The standard InChI is InChI=1S/C37H42FN7O5/c1-37(2,3)21-26(22-39)34(46)42-27-8-6-24(7-9-27)10-12-45-33-25(23-41-36(43-33)40-11-13-44-14-16-50-17-15-44)18-30(35(45)47)29-19-28(48-4)20-31(49-5)32(29)38/h6-9,18-21,23H,10-17H2,1-5H3,(H,42,46)(H,40,41,43)/b26-21+. The van der Waals surface area contributed by atoms with Crippen molar-refractivity contribution in [2.75, 3.05) is 64.2 Å². The van der Waals surface area contributed by atoms with Crippen LogP contribution in [0.2, 0.25) is 0 Å². The molecule has 2 aromatic heterocycles. The summed E-state index contributed by atoms with van der Waals surface area (Å²) in [6.07, 6.45) is 3.68. The van der Waals surface area contributed by atoms with E-state index >= 15 is 4.39 Å². The molecule has 1 fully saturated rings. The molecule has 1 amide bonds. The highest BCUT2D eigenvalue weighted by Crippen LogP contribution is 2.33. The molecule has 0 atom stereocenters. The third-order valence-electron chi connectivity index (χ3n) is 8.18. The number of hydrogen-bond acceptors (Lipinski definition) is 10. The van der Waals surface area contributed by atoms with Gasteiger partial charge in [0.25, 0.3) is 11.5 Å². The highest BCUT2D eigenvalue weighted by Gasteiger charge is 2.21. The molecular formula is C37H42FN7O5. The zero-order chi connectivity index (χ0) is 35.8. The summed E-state index contributed by atoms with van der Waals surface area (Å²) in [6, 6.07) is 13.6. The van der Waals surface area contributed by atoms with E-state index in [1.54, 1.807) is 30.5 Å². The Balaban J connectivity index is 1.44. The Morgan fingerprint density at radius 3 is 2.48 bits per heavy atom. The number of methoxy groups -OCH3 is 2. The lowest BCUT2D eigenvalue weighted by Crippen LogP contribution is -2.39. The summed E-state index contributed by atoms with van der Waals surface area (Å²) in [4.78, 5) is 38.4. The van der Waals surface area contributed by atoms with Gasteiger partial charge in [0.05, 0.1) is 33.0 Å². The average Bonchev–Trinajstić information content (AvgIpc) is 3.11. The van der Waals surface area contributed by atoms with Gasteiger partial charge >= 0.3 is 0 Å². The molecular weight excluding hydrogens is 641 g/mol. The van der Waals surface area contributed by atoms with Gasteiger partial charge in [-0.3, -0.25) is 19.1 Å². The predicted molar refractivity (Wildman–Crippen MR) is 190 cm³/mol. The molecule has 5 rings (SSSR count). The third kappa shape index (κ3) is 8.82. The fourth-order valence-electron chi connectivity index (χ4n) is 5.61.